The lowest BCUT2D eigenvalue weighted by atomic mass is 10.1. The van der Waals surface area contributed by atoms with Gasteiger partial charge in [0, 0.05) is 31.1 Å². The van der Waals surface area contributed by atoms with Crippen LogP contribution in [-0.2, 0) is 26.1 Å². The van der Waals surface area contributed by atoms with Crippen LogP contribution in [0.15, 0.2) is 18.2 Å². The van der Waals surface area contributed by atoms with E-state index in [-0.39, 0.29) is 10.6 Å². The van der Waals surface area contributed by atoms with Gasteiger partial charge in [-0.15, -0.1) is 10.2 Å². The fourth-order valence-electron chi connectivity index (χ4n) is 2.96. The first-order chi connectivity index (χ1) is 11.1. The van der Waals surface area contributed by atoms with E-state index < -0.39 is 0 Å². The molecule has 0 radical (unpaired) electrons. The van der Waals surface area contributed by atoms with Crippen molar-refractivity contribution in [2.75, 3.05) is 0 Å². The fraction of sp³-hybridized carbons (Fsp3) is 0.500. The van der Waals surface area contributed by atoms with Crippen LogP contribution in [0.1, 0.15) is 42.0 Å². The number of hydrogen-bond donors (Lipinski definition) is 1. The molecule has 1 aliphatic heterocycles. The van der Waals surface area contributed by atoms with E-state index in [9.17, 15) is 10.1 Å². The third-order valence-electron chi connectivity index (χ3n) is 4.27. The Balaban J connectivity index is 1.63. The van der Waals surface area contributed by atoms with Gasteiger partial charge in [0.2, 0.25) is 0 Å². The molecule has 0 aliphatic carbocycles. The van der Waals surface area contributed by atoms with E-state index in [1.165, 1.54) is 19.3 Å². The molecule has 0 bridgehead atoms. The summed E-state index contributed by atoms with van der Waals surface area (Å²) in [6.45, 7) is 3.92. The predicted octanol–water partition coefficient (Wildman–Crippen LogP) is 2.51. The summed E-state index contributed by atoms with van der Waals surface area (Å²) in [7, 11) is 0. The second kappa shape index (κ2) is 6.87. The van der Waals surface area contributed by atoms with Gasteiger partial charge >= 0.3 is 0 Å². The molecule has 0 saturated carbocycles. The van der Waals surface area contributed by atoms with Crippen LogP contribution in [0.3, 0.4) is 0 Å². The molecule has 23 heavy (non-hydrogen) atoms. The van der Waals surface area contributed by atoms with Crippen molar-refractivity contribution in [3.63, 3.8) is 0 Å². The molecule has 0 fully saturated rings. The summed E-state index contributed by atoms with van der Waals surface area (Å²) in [5.41, 5.74) is 1.75. The van der Waals surface area contributed by atoms with Crippen LogP contribution in [0.25, 0.3) is 0 Å². The second-order valence-corrected chi connectivity index (χ2v) is 5.98. The summed E-state index contributed by atoms with van der Waals surface area (Å²) in [5.74, 6) is 2.02. The molecule has 1 aliphatic rings. The average molecular weight is 315 g/mol. The Hall–Kier alpha value is -2.28. The minimum absolute atomic E-state index is 0.167. The first kappa shape index (κ1) is 15.6. The summed E-state index contributed by atoms with van der Waals surface area (Å²) in [6, 6.07) is 5.34. The zero-order chi connectivity index (χ0) is 16.2. The third-order valence-corrected chi connectivity index (χ3v) is 4.27. The SMILES string of the molecule is Cc1ccc(CNCc2nnc3n2CCCCC3)cc1[N+](=O)[O-]. The molecule has 3 rings (SSSR count). The number of hydrogen-bond acceptors (Lipinski definition) is 5. The van der Waals surface area contributed by atoms with Crippen molar-refractivity contribution in [3.8, 4) is 0 Å². The smallest absolute Gasteiger partial charge is 0.272 e. The molecular weight excluding hydrogens is 294 g/mol. The minimum atomic E-state index is -0.336. The van der Waals surface area contributed by atoms with E-state index in [2.05, 4.69) is 20.1 Å². The molecule has 0 unspecified atom stereocenters. The Morgan fingerprint density at radius 1 is 1.26 bits per heavy atom. The largest absolute Gasteiger partial charge is 0.314 e. The van der Waals surface area contributed by atoms with E-state index in [1.54, 1.807) is 19.1 Å². The lowest BCUT2D eigenvalue weighted by Crippen LogP contribution is -2.17. The van der Waals surface area contributed by atoms with Gasteiger partial charge in [-0.3, -0.25) is 10.1 Å². The van der Waals surface area contributed by atoms with Crippen LogP contribution < -0.4 is 5.32 Å². The van der Waals surface area contributed by atoms with E-state index >= 15 is 0 Å². The monoisotopic (exact) mass is 315 g/mol. The van der Waals surface area contributed by atoms with Crippen molar-refractivity contribution in [1.29, 1.82) is 0 Å². The topological polar surface area (TPSA) is 85.9 Å². The number of benzene rings is 1. The van der Waals surface area contributed by atoms with Gasteiger partial charge in [-0.1, -0.05) is 18.6 Å². The van der Waals surface area contributed by atoms with Gasteiger partial charge in [0.1, 0.15) is 11.6 Å². The van der Waals surface area contributed by atoms with Crippen LogP contribution in [0, 0.1) is 17.0 Å². The standard InChI is InChI=1S/C16H21N5O2/c1-12-6-7-13(9-14(12)21(22)23)10-17-11-16-19-18-15-5-3-2-4-8-20(15)16/h6-7,9,17H,2-5,8,10-11H2,1H3. The van der Waals surface area contributed by atoms with Crippen molar-refractivity contribution < 1.29 is 4.92 Å². The molecular formula is C16H21N5O2. The van der Waals surface area contributed by atoms with Gasteiger partial charge in [0.15, 0.2) is 0 Å². The normalized spacial score (nSPS) is 14.3. The highest BCUT2D eigenvalue weighted by Crippen LogP contribution is 2.19. The molecule has 0 atom stereocenters. The number of nitro groups is 1. The number of aryl methyl sites for hydroxylation is 2. The van der Waals surface area contributed by atoms with Gasteiger partial charge < -0.3 is 9.88 Å². The van der Waals surface area contributed by atoms with Gasteiger partial charge in [-0.25, -0.2) is 0 Å². The Morgan fingerprint density at radius 3 is 2.96 bits per heavy atom. The molecule has 1 aromatic heterocycles. The molecule has 2 aromatic rings. The first-order valence-corrected chi connectivity index (χ1v) is 8.01. The third kappa shape index (κ3) is 3.56. The van der Waals surface area contributed by atoms with Crippen molar-refractivity contribution in [1.82, 2.24) is 20.1 Å². The zero-order valence-electron chi connectivity index (χ0n) is 13.3. The number of nitro benzene ring substituents is 1. The maximum Gasteiger partial charge on any atom is 0.272 e. The second-order valence-electron chi connectivity index (χ2n) is 5.98. The Kier molecular flexibility index (Phi) is 4.66. The van der Waals surface area contributed by atoms with Gasteiger partial charge in [0.05, 0.1) is 11.5 Å². The number of nitrogens with one attached hydrogen (secondary N) is 1. The van der Waals surface area contributed by atoms with Gasteiger partial charge in [-0.2, -0.15) is 0 Å². The maximum absolute atomic E-state index is 11.0. The molecule has 0 spiro atoms. The Bertz CT molecular complexity index is 710. The molecule has 0 saturated heterocycles. The van der Waals surface area contributed by atoms with Crippen LogP contribution in [-0.4, -0.2) is 19.7 Å². The van der Waals surface area contributed by atoms with Crippen molar-refractivity contribution in [2.24, 2.45) is 0 Å². The number of aromatic nitrogens is 3. The highest BCUT2D eigenvalue weighted by atomic mass is 16.6. The molecule has 1 aromatic carbocycles. The average Bonchev–Trinajstić information content (AvgIpc) is 2.76. The van der Waals surface area contributed by atoms with Gasteiger partial charge in [-0.05, 0) is 25.3 Å². The maximum atomic E-state index is 11.0. The summed E-state index contributed by atoms with van der Waals surface area (Å²) in [4.78, 5) is 10.7. The predicted molar refractivity (Wildman–Crippen MR) is 86.0 cm³/mol. The molecule has 7 heteroatoms. The van der Waals surface area contributed by atoms with E-state index in [0.717, 1.165) is 30.2 Å². The van der Waals surface area contributed by atoms with Crippen LogP contribution >= 0.6 is 0 Å². The fourth-order valence-corrected chi connectivity index (χ4v) is 2.96. The van der Waals surface area contributed by atoms with Gasteiger partial charge in [0.25, 0.3) is 5.69 Å². The quantitative estimate of drug-likeness (QED) is 0.677. The molecule has 1 N–H and O–H groups in total. The summed E-state index contributed by atoms with van der Waals surface area (Å²) >= 11 is 0. The molecule has 2 heterocycles. The van der Waals surface area contributed by atoms with E-state index in [0.29, 0.717) is 18.7 Å². The lowest BCUT2D eigenvalue weighted by molar-refractivity contribution is -0.385. The Labute approximate surface area is 134 Å². The minimum Gasteiger partial charge on any atom is -0.314 e. The van der Waals surface area contributed by atoms with Crippen molar-refractivity contribution >= 4 is 5.69 Å². The van der Waals surface area contributed by atoms with E-state index in [4.69, 9.17) is 0 Å². The zero-order valence-corrected chi connectivity index (χ0v) is 13.3. The van der Waals surface area contributed by atoms with Crippen LogP contribution in [0.2, 0.25) is 0 Å². The molecule has 0 amide bonds. The number of nitrogens with zero attached hydrogens (tertiary/aromatic N) is 4. The lowest BCUT2D eigenvalue weighted by Gasteiger charge is -2.08. The number of fused-ring (bicyclic) bond motifs is 1. The van der Waals surface area contributed by atoms with Crippen LogP contribution in [0.5, 0.6) is 0 Å². The summed E-state index contributed by atoms with van der Waals surface area (Å²) in [6.07, 6.45) is 4.58. The van der Waals surface area contributed by atoms with E-state index in [1.807, 2.05) is 6.07 Å². The first-order valence-electron chi connectivity index (χ1n) is 8.01. The molecule has 7 nitrogen and oxygen atoms in total. The van der Waals surface area contributed by atoms with Crippen molar-refractivity contribution in [2.45, 2.75) is 52.2 Å². The van der Waals surface area contributed by atoms with Crippen LogP contribution in [0.4, 0.5) is 5.69 Å². The highest BCUT2D eigenvalue weighted by molar-refractivity contribution is 5.42. The summed E-state index contributed by atoms with van der Waals surface area (Å²) in [5, 5.41) is 22.9. The Morgan fingerprint density at radius 2 is 2.13 bits per heavy atom. The van der Waals surface area contributed by atoms with Crippen molar-refractivity contribution in [3.05, 3.63) is 51.1 Å². The summed E-state index contributed by atoms with van der Waals surface area (Å²) < 4.78 is 2.21. The highest BCUT2D eigenvalue weighted by Gasteiger charge is 2.14. The molecule has 122 valence electrons. The number of rotatable bonds is 5.